The zero-order valence-electron chi connectivity index (χ0n) is 14.6. The van der Waals surface area contributed by atoms with E-state index in [0.717, 1.165) is 5.75 Å². The van der Waals surface area contributed by atoms with Crippen LogP contribution in [0.15, 0.2) is 0 Å². The van der Waals surface area contributed by atoms with Gasteiger partial charge < -0.3 is 26.4 Å². The molecule has 3 amide bonds. The van der Waals surface area contributed by atoms with E-state index >= 15 is 0 Å². The van der Waals surface area contributed by atoms with Gasteiger partial charge in [0.1, 0.15) is 12.1 Å². The van der Waals surface area contributed by atoms with Crippen LogP contribution in [-0.2, 0) is 19.2 Å². The maximum atomic E-state index is 12.3. The van der Waals surface area contributed by atoms with Crippen molar-refractivity contribution >= 4 is 48.1 Å². The number of hydrogen-bond donors (Lipinski definition) is 5. The van der Waals surface area contributed by atoms with Crippen LogP contribution in [-0.4, -0.2) is 82.7 Å². The van der Waals surface area contributed by atoms with Gasteiger partial charge in [-0.25, -0.2) is 4.79 Å². The molecule has 11 heteroatoms. The zero-order chi connectivity index (χ0) is 19.7. The van der Waals surface area contributed by atoms with Crippen molar-refractivity contribution in [2.45, 2.75) is 37.4 Å². The zero-order valence-corrected chi connectivity index (χ0v) is 16.4. The van der Waals surface area contributed by atoms with Crippen molar-refractivity contribution in [1.82, 2.24) is 15.5 Å². The van der Waals surface area contributed by atoms with Crippen LogP contribution in [0.1, 0.15) is 19.3 Å². The second-order valence-electron chi connectivity index (χ2n) is 5.93. The summed E-state index contributed by atoms with van der Waals surface area (Å²) in [6, 6.07) is -2.54. The summed E-state index contributed by atoms with van der Waals surface area (Å²) in [5, 5.41) is 13.9. The first-order valence-electron chi connectivity index (χ1n) is 8.27. The number of carbonyl (C=O) groups excluding carboxylic acids is 3. The van der Waals surface area contributed by atoms with Gasteiger partial charge in [0, 0.05) is 12.3 Å². The molecule has 5 N–H and O–H groups in total. The minimum Gasteiger partial charge on any atom is -0.480 e. The number of thioether (sulfide) groups is 1. The molecule has 0 aliphatic carbocycles. The van der Waals surface area contributed by atoms with Gasteiger partial charge >= 0.3 is 5.97 Å². The van der Waals surface area contributed by atoms with Crippen molar-refractivity contribution in [2.24, 2.45) is 5.73 Å². The van der Waals surface area contributed by atoms with E-state index in [1.807, 2.05) is 6.26 Å². The monoisotopic (exact) mass is 406 g/mol. The summed E-state index contributed by atoms with van der Waals surface area (Å²) >= 11 is 5.48. The Morgan fingerprint density at radius 1 is 1.38 bits per heavy atom. The molecule has 0 aromatic heterocycles. The van der Waals surface area contributed by atoms with Crippen molar-refractivity contribution in [1.29, 1.82) is 0 Å². The lowest BCUT2D eigenvalue weighted by Gasteiger charge is -2.25. The highest BCUT2D eigenvalue weighted by atomic mass is 32.2. The summed E-state index contributed by atoms with van der Waals surface area (Å²) in [6.45, 7) is 0.133. The summed E-state index contributed by atoms with van der Waals surface area (Å²) < 4.78 is 0. The molecule has 1 saturated heterocycles. The average molecular weight is 407 g/mol. The molecule has 148 valence electrons. The number of thiol groups is 1. The van der Waals surface area contributed by atoms with Crippen molar-refractivity contribution < 1.29 is 24.3 Å². The minimum atomic E-state index is -1.18. The molecule has 3 unspecified atom stereocenters. The first kappa shape index (κ1) is 22.6. The Bertz CT molecular complexity index is 534. The van der Waals surface area contributed by atoms with Gasteiger partial charge in [-0.1, -0.05) is 0 Å². The molecule has 1 fully saturated rings. The molecule has 3 atom stereocenters. The third-order valence-corrected chi connectivity index (χ3v) is 5.07. The summed E-state index contributed by atoms with van der Waals surface area (Å²) in [4.78, 5) is 48.9. The number of hydrogen-bond acceptors (Lipinski definition) is 7. The van der Waals surface area contributed by atoms with Crippen LogP contribution >= 0.6 is 24.4 Å². The maximum Gasteiger partial charge on any atom is 0.327 e. The van der Waals surface area contributed by atoms with Gasteiger partial charge in [0.15, 0.2) is 0 Å². The molecule has 0 bridgehead atoms. The van der Waals surface area contributed by atoms with Crippen LogP contribution in [0.4, 0.5) is 0 Å². The number of nitrogens with two attached hydrogens (primary N) is 1. The molecule has 0 radical (unpaired) electrons. The van der Waals surface area contributed by atoms with Crippen LogP contribution in [0.3, 0.4) is 0 Å². The number of likely N-dealkylation sites (tertiary alicyclic amines) is 1. The van der Waals surface area contributed by atoms with Crippen molar-refractivity contribution in [2.75, 3.05) is 30.9 Å². The Labute approximate surface area is 162 Å². The second-order valence-corrected chi connectivity index (χ2v) is 7.28. The highest BCUT2D eigenvalue weighted by Crippen LogP contribution is 2.17. The summed E-state index contributed by atoms with van der Waals surface area (Å²) in [5.74, 6) is -1.83. The van der Waals surface area contributed by atoms with E-state index < -0.39 is 41.8 Å². The third kappa shape index (κ3) is 6.69. The SMILES string of the molecule is CSCCC(N)C(=O)NCC(=O)N1CCCC1C(=O)NC(CS)C(=O)O. The van der Waals surface area contributed by atoms with Crippen LogP contribution in [0.2, 0.25) is 0 Å². The highest BCUT2D eigenvalue weighted by Gasteiger charge is 2.35. The number of carboxylic acid groups (broad SMARTS) is 1. The van der Waals surface area contributed by atoms with Crippen LogP contribution in [0, 0.1) is 0 Å². The van der Waals surface area contributed by atoms with E-state index in [1.54, 1.807) is 11.8 Å². The van der Waals surface area contributed by atoms with Crippen molar-refractivity contribution in [3.8, 4) is 0 Å². The largest absolute Gasteiger partial charge is 0.480 e. The lowest BCUT2D eigenvalue weighted by atomic mass is 10.2. The van der Waals surface area contributed by atoms with Crippen molar-refractivity contribution in [3.05, 3.63) is 0 Å². The third-order valence-electron chi connectivity index (χ3n) is 4.06. The van der Waals surface area contributed by atoms with E-state index in [9.17, 15) is 19.2 Å². The normalized spacial score (nSPS) is 18.9. The Morgan fingerprint density at radius 2 is 2.08 bits per heavy atom. The first-order valence-corrected chi connectivity index (χ1v) is 10.3. The Hall–Kier alpha value is -1.46. The van der Waals surface area contributed by atoms with Crippen LogP contribution in [0.25, 0.3) is 0 Å². The second kappa shape index (κ2) is 11.3. The fraction of sp³-hybridized carbons (Fsp3) is 0.733. The number of aliphatic carboxylic acids is 1. The van der Waals surface area contributed by atoms with E-state index in [0.29, 0.717) is 25.8 Å². The Balaban J connectivity index is 2.55. The predicted octanol–water partition coefficient (Wildman–Crippen LogP) is -1.33. The van der Waals surface area contributed by atoms with Gasteiger partial charge in [-0.05, 0) is 31.3 Å². The molecule has 9 nitrogen and oxygen atoms in total. The van der Waals surface area contributed by atoms with E-state index in [4.69, 9.17) is 10.8 Å². The Morgan fingerprint density at radius 3 is 2.65 bits per heavy atom. The molecule has 0 saturated carbocycles. The number of rotatable bonds is 10. The molecule has 0 aromatic carbocycles. The van der Waals surface area contributed by atoms with Gasteiger partial charge in [-0.2, -0.15) is 24.4 Å². The van der Waals surface area contributed by atoms with Crippen molar-refractivity contribution in [3.63, 3.8) is 0 Å². The Kier molecular flexibility index (Phi) is 9.81. The van der Waals surface area contributed by atoms with Gasteiger partial charge in [0.2, 0.25) is 17.7 Å². The number of nitrogens with zero attached hydrogens (tertiary/aromatic N) is 1. The molecular formula is C15H26N4O5S2. The number of amides is 3. The quantitative estimate of drug-likeness (QED) is 0.283. The fourth-order valence-corrected chi connectivity index (χ4v) is 3.30. The molecule has 1 aliphatic rings. The fourth-order valence-electron chi connectivity index (χ4n) is 2.56. The van der Waals surface area contributed by atoms with E-state index in [2.05, 4.69) is 23.3 Å². The molecule has 26 heavy (non-hydrogen) atoms. The number of nitrogens with one attached hydrogen (secondary N) is 2. The first-order chi connectivity index (χ1) is 12.3. The van der Waals surface area contributed by atoms with E-state index in [1.165, 1.54) is 4.90 Å². The predicted molar refractivity (Wildman–Crippen MR) is 102 cm³/mol. The van der Waals surface area contributed by atoms with Gasteiger partial charge in [-0.15, -0.1) is 0 Å². The van der Waals surface area contributed by atoms with E-state index in [-0.39, 0.29) is 12.3 Å². The van der Waals surface area contributed by atoms with Gasteiger partial charge in [0.05, 0.1) is 12.6 Å². The van der Waals surface area contributed by atoms with Gasteiger partial charge in [-0.3, -0.25) is 14.4 Å². The lowest BCUT2D eigenvalue weighted by Crippen LogP contribution is -2.53. The summed E-state index contributed by atoms with van der Waals surface area (Å²) in [6.07, 6.45) is 3.49. The van der Waals surface area contributed by atoms with Gasteiger partial charge in [0.25, 0.3) is 0 Å². The molecule has 0 aromatic rings. The smallest absolute Gasteiger partial charge is 0.327 e. The number of carbonyl (C=O) groups is 4. The number of carboxylic acids is 1. The summed E-state index contributed by atoms with van der Waals surface area (Å²) in [5.41, 5.74) is 5.74. The molecule has 1 rings (SSSR count). The topological polar surface area (TPSA) is 142 Å². The molecule has 1 aliphatic heterocycles. The average Bonchev–Trinajstić information content (AvgIpc) is 3.11. The van der Waals surface area contributed by atoms with Crippen LogP contribution in [0.5, 0.6) is 0 Å². The minimum absolute atomic E-state index is 0.0499. The highest BCUT2D eigenvalue weighted by molar-refractivity contribution is 7.98. The lowest BCUT2D eigenvalue weighted by molar-refractivity contribution is -0.143. The summed E-state index contributed by atoms with van der Waals surface area (Å²) in [7, 11) is 0. The maximum absolute atomic E-state index is 12.3. The standard InChI is InChI=1S/C15H26N4O5S2/c1-26-6-4-9(16)13(21)17-7-12(20)19-5-2-3-11(19)14(22)18-10(8-25)15(23)24/h9-11,25H,2-8,16H2,1H3,(H,17,21)(H,18,22)(H,23,24). The molecular weight excluding hydrogens is 380 g/mol. The molecule has 1 heterocycles. The molecule has 0 spiro atoms. The van der Waals surface area contributed by atoms with Crippen LogP contribution < -0.4 is 16.4 Å².